The average Bonchev–Trinajstić information content (AvgIpc) is 3.35. The molecule has 1 saturated heterocycles. The Morgan fingerprint density at radius 1 is 1.15 bits per heavy atom. The van der Waals surface area contributed by atoms with Crippen molar-refractivity contribution in [3.63, 3.8) is 0 Å². The van der Waals surface area contributed by atoms with Gasteiger partial charge < -0.3 is 19.9 Å². The standard InChI is InChI=1S/C24H22N4O5/c1-12-7-15(33-2)9-18-17(12)10-19(26-18)22(30)25-14-3-4-16-13(8-14)11-28(24(16)32)20-5-6-21(29)27-23(20)31/h3-4,7-10,20,26H,5-6,11H2,1-2H3,(H,25,30)(H,27,29,31). The van der Waals surface area contributed by atoms with Crippen LogP contribution >= 0.6 is 0 Å². The Kier molecular flexibility index (Phi) is 4.88. The topological polar surface area (TPSA) is 121 Å². The molecular formula is C24H22N4O5. The fourth-order valence-corrected chi connectivity index (χ4v) is 4.48. The van der Waals surface area contributed by atoms with Crippen LogP contribution in [0.4, 0.5) is 5.69 Å². The SMILES string of the molecule is COc1cc(C)c2cc(C(=O)Nc3ccc4c(c3)CN(C3CCC(=O)NC3=O)C4=O)[nH]c2c1. The number of hydrogen-bond acceptors (Lipinski definition) is 5. The van der Waals surface area contributed by atoms with Gasteiger partial charge in [0.05, 0.1) is 7.11 Å². The van der Waals surface area contributed by atoms with Crippen LogP contribution < -0.4 is 15.4 Å². The number of imide groups is 1. The minimum absolute atomic E-state index is 0.202. The first-order valence-corrected chi connectivity index (χ1v) is 10.6. The lowest BCUT2D eigenvalue weighted by atomic mass is 10.0. The van der Waals surface area contributed by atoms with Crippen LogP contribution in [0.5, 0.6) is 5.75 Å². The van der Waals surface area contributed by atoms with Crippen molar-refractivity contribution in [1.82, 2.24) is 15.2 Å². The van der Waals surface area contributed by atoms with Crippen LogP contribution in [0.25, 0.3) is 10.9 Å². The minimum atomic E-state index is -0.674. The number of benzene rings is 2. The summed E-state index contributed by atoms with van der Waals surface area (Å²) in [5.41, 5.74) is 3.96. The predicted octanol–water partition coefficient (Wildman–Crippen LogP) is 2.50. The molecule has 0 spiro atoms. The Balaban J connectivity index is 1.35. The normalized spacial score (nSPS) is 17.8. The molecule has 5 rings (SSSR count). The van der Waals surface area contributed by atoms with Crippen molar-refractivity contribution in [1.29, 1.82) is 0 Å². The molecule has 2 aliphatic rings. The van der Waals surface area contributed by atoms with Gasteiger partial charge in [0.2, 0.25) is 11.8 Å². The van der Waals surface area contributed by atoms with Gasteiger partial charge in [-0.15, -0.1) is 0 Å². The van der Waals surface area contributed by atoms with Gasteiger partial charge in [-0.25, -0.2) is 0 Å². The summed E-state index contributed by atoms with van der Waals surface area (Å²) in [6.45, 7) is 2.20. The van der Waals surface area contributed by atoms with Gasteiger partial charge in [-0.3, -0.25) is 24.5 Å². The maximum Gasteiger partial charge on any atom is 0.272 e. The molecule has 168 valence electrons. The lowest BCUT2D eigenvalue weighted by molar-refractivity contribution is -0.136. The first kappa shape index (κ1) is 20.7. The number of anilines is 1. The summed E-state index contributed by atoms with van der Waals surface area (Å²) >= 11 is 0. The number of carbonyl (C=O) groups is 4. The summed E-state index contributed by atoms with van der Waals surface area (Å²) in [6.07, 6.45) is 0.506. The third kappa shape index (κ3) is 3.61. The molecule has 1 aromatic heterocycles. The molecule has 0 radical (unpaired) electrons. The third-order valence-electron chi connectivity index (χ3n) is 6.18. The molecule has 3 N–H and O–H groups in total. The van der Waals surface area contributed by atoms with E-state index in [0.29, 0.717) is 29.1 Å². The molecule has 0 saturated carbocycles. The number of carbonyl (C=O) groups excluding carboxylic acids is 4. The predicted molar refractivity (Wildman–Crippen MR) is 120 cm³/mol. The van der Waals surface area contributed by atoms with E-state index in [1.165, 1.54) is 4.90 Å². The lowest BCUT2D eigenvalue weighted by Crippen LogP contribution is -2.52. The fourth-order valence-electron chi connectivity index (χ4n) is 4.48. The number of aryl methyl sites for hydroxylation is 1. The second-order valence-corrected chi connectivity index (χ2v) is 8.31. The smallest absolute Gasteiger partial charge is 0.272 e. The summed E-state index contributed by atoms with van der Waals surface area (Å²) in [5, 5.41) is 6.09. The zero-order valence-electron chi connectivity index (χ0n) is 18.2. The Hall–Kier alpha value is -4.14. The molecule has 9 nitrogen and oxygen atoms in total. The number of ether oxygens (including phenoxy) is 1. The number of H-pyrrole nitrogens is 1. The summed E-state index contributed by atoms with van der Waals surface area (Å²) in [5.74, 6) is -0.631. The lowest BCUT2D eigenvalue weighted by Gasteiger charge is -2.29. The van der Waals surface area contributed by atoms with E-state index < -0.39 is 11.9 Å². The van der Waals surface area contributed by atoms with E-state index in [1.807, 2.05) is 19.1 Å². The molecule has 2 aliphatic heterocycles. The van der Waals surface area contributed by atoms with E-state index in [1.54, 1.807) is 31.4 Å². The quantitative estimate of drug-likeness (QED) is 0.532. The number of nitrogens with zero attached hydrogens (tertiary/aromatic N) is 1. The summed E-state index contributed by atoms with van der Waals surface area (Å²) < 4.78 is 5.29. The molecule has 33 heavy (non-hydrogen) atoms. The zero-order chi connectivity index (χ0) is 23.3. The van der Waals surface area contributed by atoms with E-state index in [2.05, 4.69) is 15.6 Å². The molecule has 3 aromatic rings. The molecule has 1 fully saturated rings. The Labute approximate surface area is 189 Å². The van der Waals surface area contributed by atoms with Crippen molar-refractivity contribution >= 4 is 40.2 Å². The van der Waals surface area contributed by atoms with Gasteiger partial charge in [0.15, 0.2) is 0 Å². The van der Waals surface area contributed by atoms with Crippen LogP contribution in [-0.4, -0.2) is 46.7 Å². The number of methoxy groups -OCH3 is 1. The number of fused-ring (bicyclic) bond motifs is 2. The van der Waals surface area contributed by atoms with Gasteiger partial charge in [-0.1, -0.05) is 0 Å². The van der Waals surface area contributed by atoms with E-state index in [4.69, 9.17) is 4.74 Å². The molecule has 1 unspecified atom stereocenters. The maximum absolute atomic E-state index is 12.9. The van der Waals surface area contributed by atoms with Crippen molar-refractivity contribution in [3.8, 4) is 5.75 Å². The molecular weight excluding hydrogens is 424 g/mol. The largest absolute Gasteiger partial charge is 0.497 e. The number of nitrogens with one attached hydrogen (secondary N) is 3. The molecule has 0 bridgehead atoms. The summed E-state index contributed by atoms with van der Waals surface area (Å²) in [4.78, 5) is 53.9. The number of piperidine rings is 1. The number of aromatic amines is 1. The highest BCUT2D eigenvalue weighted by atomic mass is 16.5. The minimum Gasteiger partial charge on any atom is -0.497 e. The van der Waals surface area contributed by atoms with Crippen LogP contribution in [0.3, 0.4) is 0 Å². The Morgan fingerprint density at radius 3 is 2.73 bits per heavy atom. The van der Waals surface area contributed by atoms with Crippen molar-refractivity contribution in [2.45, 2.75) is 32.4 Å². The van der Waals surface area contributed by atoms with Gasteiger partial charge in [0.25, 0.3) is 11.8 Å². The van der Waals surface area contributed by atoms with Crippen LogP contribution in [-0.2, 0) is 16.1 Å². The summed E-state index contributed by atoms with van der Waals surface area (Å²) in [7, 11) is 1.59. The van der Waals surface area contributed by atoms with Gasteiger partial charge in [0, 0.05) is 41.2 Å². The van der Waals surface area contributed by atoms with Gasteiger partial charge >= 0.3 is 0 Å². The van der Waals surface area contributed by atoms with Crippen molar-refractivity contribution in [3.05, 3.63) is 58.8 Å². The highest BCUT2D eigenvalue weighted by Gasteiger charge is 2.39. The second kappa shape index (κ2) is 7.77. The fraction of sp³-hybridized carbons (Fsp3) is 0.250. The van der Waals surface area contributed by atoms with Crippen molar-refractivity contribution in [2.75, 3.05) is 12.4 Å². The molecule has 3 heterocycles. The summed E-state index contributed by atoms with van der Waals surface area (Å²) in [6, 6.07) is 9.92. The Morgan fingerprint density at radius 2 is 1.97 bits per heavy atom. The van der Waals surface area contributed by atoms with Crippen LogP contribution in [0.1, 0.15) is 44.8 Å². The van der Waals surface area contributed by atoms with E-state index in [9.17, 15) is 19.2 Å². The first-order chi connectivity index (χ1) is 15.8. The Bertz CT molecular complexity index is 1340. The second-order valence-electron chi connectivity index (χ2n) is 8.31. The number of aromatic nitrogens is 1. The van der Waals surface area contributed by atoms with Crippen molar-refractivity contribution < 1.29 is 23.9 Å². The first-order valence-electron chi connectivity index (χ1n) is 10.6. The van der Waals surface area contributed by atoms with E-state index in [-0.39, 0.29) is 30.7 Å². The highest BCUT2D eigenvalue weighted by Crippen LogP contribution is 2.30. The van der Waals surface area contributed by atoms with Gasteiger partial charge in [-0.2, -0.15) is 0 Å². The third-order valence-corrected chi connectivity index (χ3v) is 6.18. The number of rotatable bonds is 4. The van der Waals surface area contributed by atoms with Crippen LogP contribution in [0.2, 0.25) is 0 Å². The van der Waals surface area contributed by atoms with Gasteiger partial charge in [-0.05, 0) is 54.8 Å². The van der Waals surface area contributed by atoms with Crippen molar-refractivity contribution in [2.24, 2.45) is 0 Å². The van der Waals surface area contributed by atoms with Crippen LogP contribution in [0, 0.1) is 6.92 Å². The number of hydrogen-bond donors (Lipinski definition) is 3. The molecule has 2 aromatic carbocycles. The van der Waals surface area contributed by atoms with E-state index >= 15 is 0 Å². The van der Waals surface area contributed by atoms with E-state index in [0.717, 1.165) is 22.0 Å². The molecule has 1 atom stereocenters. The highest BCUT2D eigenvalue weighted by molar-refractivity contribution is 6.08. The monoisotopic (exact) mass is 446 g/mol. The van der Waals surface area contributed by atoms with Crippen LogP contribution in [0.15, 0.2) is 36.4 Å². The zero-order valence-corrected chi connectivity index (χ0v) is 18.2. The number of amides is 4. The average molecular weight is 446 g/mol. The molecule has 4 amide bonds. The maximum atomic E-state index is 12.9. The van der Waals surface area contributed by atoms with Gasteiger partial charge in [0.1, 0.15) is 17.5 Å². The molecule has 0 aliphatic carbocycles. The molecule has 9 heteroatoms.